The van der Waals surface area contributed by atoms with Gasteiger partial charge in [0, 0.05) is 11.1 Å². The molecule has 0 atom stereocenters. The van der Waals surface area contributed by atoms with Gasteiger partial charge < -0.3 is 0 Å². The largest absolute Gasteiger partial charge is 0.261 e. The summed E-state index contributed by atoms with van der Waals surface area (Å²) in [6.45, 7) is 0. The molecule has 1 rings (SSSR count). The van der Waals surface area contributed by atoms with Crippen molar-refractivity contribution < 1.29 is 4.39 Å². The van der Waals surface area contributed by atoms with Crippen LogP contribution in [0.2, 0.25) is 0 Å². The van der Waals surface area contributed by atoms with Crippen LogP contribution in [0.4, 0.5) is 4.39 Å². The highest BCUT2D eigenvalue weighted by Crippen LogP contribution is 2.12. The van der Waals surface area contributed by atoms with Gasteiger partial charge in [-0.05, 0) is 12.3 Å². The second-order valence-electron chi connectivity index (χ2n) is 1.54. The molecule has 0 fully saturated rings. The lowest BCUT2D eigenvalue weighted by atomic mass is 10.5. The molecule has 48 valence electrons. The van der Waals surface area contributed by atoms with Gasteiger partial charge in [-0.2, -0.15) is 0 Å². The van der Waals surface area contributed by atoms with Crippen molar-refractivity contribution in [2.24, 2.45) is 0 Å². The first-order valence-corrected chi connectivity index (χ1v) is 3.70. The molecule has 0 amide bonds. The molecule has 0 saturated carbocycles. The van der Waals surface area contributed by atoms with Crippen LogP contribution in [0.3, 0.4) is 0 Å². The van der Waals surface area contributed by atoms with Crippen LogP contribution in [-0.2, 0) is 0 Å². The Morgan fingerprint density at radius 1 is 1.56 bits per heavy atom. The fraction of sp³-hybridized carbons (Fsp3) is 0.167. The molecule has 1 nitrogen and oxygen atoms in total. The highest BCUT2D eigenvalue weighted by atomic mass is 32.2. The third-order valence-corrected chi connectivity index (χ3v) is 1.61. The van der Waals surface area contributed by atoms with Crippen molar-refractivity contribution in [2.75, 3.05) is 6.26 Å². The number of hydrogen-bond acceptors (Lipinski definition) is 2. The van der Waals surface area contributed by atoms with Gasteiger partial charge in [-0.1, -0.05) is 0 Å². The molecule has 0 unspecified atom stereocenters. The zero-order valence-electron chi connectivity index (χ0n) is 4.97. The van der Waals surface area contributed by atoms with Crippen molar-refractivity contribution in [1.29, 1.82) is 0 Å². The lowest BCUT2D eigenvalue weighted by Crippen LogP contribution is -1.77. The molecular weight excluding hydrogens is 137 g/mol. The fourth-order valence-corrected chi connectivity index (χ4v) is 0.901. The van der Waals surface area contributed by atoms with Crippen LogP contribution in [0.15, 0.2) is 23.4 Å². The molecule has 0 aliphatic rings. The number of hydrogen-bond donors (Lipinski definition) is 0. The number of aromatic nitrogens is 1. The summed E-state index contributed by atoms with van der Waals surface area (Å²) in [5.41, 5.74) is 0. The average molecular weight is 143 g/mol. The van der Waals surface area contributed by atoms with Gasteiger partial charge in [-0.3, -0.25) is 4.98 Å². The van der Waals surface area contributed by atoms with Crippen molar-refractivity contribution in [1.82, 2.24) is 4.98 Å². The van der Waals surface area contributed by atoms with Crippen LogP contribution in [0.5, 0.6) is 0 Å². The molecule has 9 heavy (non-hydrogen) atoms. The number of rotatable bonds is 1. The first-order valence-electron chi connectivity index (χ1n) is 2.47. The molecule has 3 heteroatoms. The van der Waals surface area contributed by atoms with E-state index in [1.54, 1.807) is 6.20 Å². The third-order valence-electron chi connectivity index (χ3n) is 0.915. The molecule has 0 radical (unpaired) electrons. The SMILES string of the molecule is CSc1cncc(F)c1. The smallest absolute Gasteiger partial charge is 0.142 e. The van der Waals surface area contributed by atoms with E-state index in [0.717, 1.165) is 4.90 Å². The Balaban J connectivity index is 2.94. The minimum atomic E-state index is -0.276. The minimum absolute atomic E-state index is 0.276. The van der Waals surface area contributed by atoms with Crippen LogP contribution in [0, 0.1) is 5.82 Å². The number of halogens is 1. The van der Waals surface area contributed by atoms with Crippen molar-refractivity contribution in [3.8, 4) is 0 Å². The molecule has 0 aliphatic heterocycles. The molecule has 1 aromatic rings. The summed E-state index contributed by atoms with van der Waals surface area (Å²) in [5.74, 6) is -0.276. The zero-order valence-corrected chi connectivity index (χ0v) is 5.78. The summed E-state index contributed by atoms with van der Waals surface area (Å²) in [5, 5.41) is 0. The van der Waals surface area contributed by atoms with E-state index in [2.05, 4.69) is 4.98 Å². The monoisotopic (exact) mass is 143 g/mol. The number of thioether (sulfide) groups is 1. The fourth-order valence-electron chi connectivity index (χ4n) is 0.504. The van der Waals surface area contributed by atoms with E-state index in [1.165, 1.54) is 24.0 Å². The van der Waals surface area contributed by atoms with E-state index in [-0.39, 0.29) is 5.82 Å². The van der Waals surface area contributed by atoms with E-state index >= 15 is 0 Å². The normalized spacial score (nSPS) is 9.56. The van der Waals surface area contributed by atoms with Crippen LogP contribution < -0.4 is 0 Å². The van der Waals surface area contributed by atoms with E-state index in [1.807, 2.05) is 6.26 Å². The highest BCUT2D eigenvalue weighted by molar-refractivity contribution is 7.98. The Kier molecular flexibility index (Phi) is 2.05. The Morgan fingerprint density at radius 3 is 2.78 bits per heavy atom. The summed E-state index contributed by atoms with van der Waals surface area (Å²) in [6, 6.07) is 1.46. The number of nitrogens with zero attached hydrogens (tertiary/aromatic N) is 1. The predicted molar refractivity (Wildman–Crippen MR) is 36.0 cm³/mol. The Morgan fingerprint density at radius 2 is 2.33 bits per heavy atom. The minimum Gasteiger partial charge on any atom is -0.261 e. The molecule has 0 aromatic carbocycles. The van der Waals surface area contributed by atoms with Gasteiger partial charge >= 0.3 is 0 Å². The summed E-state index contributed by atoms with van der Waals surface area (Å²) >= 11 is 1.48. The van der Waals surface area contributed by atoms with Crippen LogP contribution in [0.25, 0.3) is 0 Å². The Bertz CT molecular complexity index is 202. The molecule has 1 heterocycles. The molecule has 0 N–H and O–H groups in total. The maximum atomic E-state index is 12.3. The first kappa shape index (κ1) is 6.55. The molecule has 0 saturated heterocycles. The maximum Gasteiger partial charge on any atom is 0.142 e. The second kappa shape index (κ2) is 2.82. The van der Waals surface area contributed by atoms with Crippen LogP contribution in [0.1, 0.15) is 0 Å². The lowest BCUT2D eigenvalue weighted by Gasteiger charge is -1.91. The van der Waals surface area contributed by atoms with Crippen LogP contribution in [-0.4, -0.2) is 11.2 Å². The van der Waals surface area contributed by atoms with Gasteiger partial charge in [0.25, 0.3) is 0 Å². The summed E-state index contributed by atoms with van der Waals surface area (Å²) < 4.78 is 12.3. The molecule has 0 aliphatic carbocycles. The Hall–Kier alpha value is -0.570. The maximum absolute atomic E-state index is 12.3. The summed E-state index contributed by atoms with van der Waals surface area (Å²) in [7, 11) is 0. The topological polar surface area (TPSA) is 12.9 Å². The van der Waals surface area contributed by atoms with Gasteiger partial charge in [0.2, 0.25) is 0 Å². The van der Waals surface area contributed by atoms with Gasteiger partial charge in [-0.25, -0.2) is 4.39 Å². The third kappa shape index (κ3) is 1.68. The standard InChI is InChI=1S/C6H6FNS/c1-9-6-2-5(7)3-8-4-6/h2-4H,1H3. The van der Waals surface area contributed by atoms with Crippen molar-refractivity contribution in [2.45, 2.75) is 4.90 Å². The van der Waals surface area contributed by atoms with Gasteiger partial charge in [0.15, 0.2) is 0 Å². The summed E-state index contributed by atoms with van der Waals surface area (Å²) in [6.07, 6.45) is 4.71. The van der Waals surface area contributed by atoms with Crippen LogP contribution >= 0.6 is 11.8 Å². The van der Waals surface area contributed by atoms with Gasteiger partial charge in [0.1, 0.15) is 5.82 Å². The van der Waals surface area contributed by atoms with E-state index < -0.39 is 0 Å². The molecule has 0 bridgehead atoms. The van der Waals surface area contributed by atoms with Gasteiger partial charge in [0.05, 0.1) is 6.20 Å². The predicted octanol–water partition coefficient (Wildman–Crippen LogP) is 1.94. The quantitative estimate of drug-likeness (QED) is 0.557. The van der Waals surface area contributed by atoms with Crippen molar-refractivity contribution in [3.63, 3.8) is 0 Å². The number of pyridine rings is 1. The summed E-state index contributed by atoms with van der Waals surface area (Å²) in [4.78, 5) is 4.52. The highest BCUT2D eigenvalue weighted by Gasteiger charge is 1.90. The first-order chi connectivity index (χ1) is 4.33. The molecular formula is C6H6FNS. The van der Waals surface area contributed by atoms with Crippen molar-refractivity contribution in [3.05, 3.63) is 24.3 Å². The van der Waals surface area contributed by atoms with E-state index in [0.29, 0.717) is 0 Å². The Labute approximate surface area is 57.3 Å². The van der Waals surface area contributed by atoms with Gasteiger partial charge in [-0.15, -0.1) is 11.8 Å². The van der Waals surface area contributed by atoms with Crippen molar-refractivity contribution >= 4 is 11.8 Å². The molecule has 1 aromatic heterocycles. The van der Waals surface area contributed by atoms with E-state index in [4.69, 9.17) is 0 Å². The molecule has 0 spiro atoms. The lowest BCUT2D eigenvalue weighted by molar-refractivity contribution is 0.617. The average Bonchev–Trinajstić information content (AvgIpc) is 1.88. The second-order valence-corrected chi connectivity index (χ2v) is 2.42. The zero-order chi connectivity index (χ0) is 6.69. The van der Waals surface area contributed by atoms with E-state index in [9.17, 15) is 4.39 Å².